The highest BCUT2D eigenvalue weighted by atomic mass is 16.6. The fourth-order valence-corrected chi connectivity index (χ4v) is 2.95. The van der Waals surface area contributed by atoms with E-state index >= 15 is 0 Å². The molecule has 1 aromatic heterocycles. The van der Waals surface area contributed by atoms with Crippen molar-refractivity contribution >= 4 is 17.3 Å². The summed E-state index contributed by atoms with van der Waals surface area (Å²) in [5.74, 6) is -0.0519. The van der Waals surface area contributed by atoms with Gasteiger partial charge in [-0.1, -0.05) is 24.3 Å². The van der Waals surface area contributed by atoms with Crippen LogP contribution in [0.1, 0.15) is 24.9 Å². The minimum atomic E-state index is -0.443. The average molecular weight is 394 g/mol. The predicted molar refractivity (Wildman–Crippen MR) is 109 cm³/mol. The molecule has 0 bridgehead atoms. The summed E-state index contributed by atoms with van der Waals surface area (Å²) in [7, 11) is 1.75. The van der Waals surface area contributed by atoms with Crippen molar-refractivity contribution in [1.82, 2.24) is 19.7 Å². The molecule has 9 heteroatoms. The summed E-state index contributed by atoms with van der Waals surface area (Å²) in [6, 6.07) is 14.0. The molecule has 1 heterocycles. The van der Waals surface area contributed by atoms with Gasteiger partial charge in [-0.05, 0) is 30.7 Å². The molecule has 0 aliphatic rings. The number of benzene rings is 2. The number of amides is 1. The fraction of sp³-hybridized carbons (Fsp3) is 0.250. The Morgan fingerprint density at radius 1 is 1.24 bits per heavy atom. The van der Waals surface area contributed by atoms with Crippen molar-refractivity contribution < 1.29 is 9.72 Å². The van der Waals surface area contributed by atoms with Gasteiger partial charge in [0.25, 0.3) is 5.69 Å². The lowest BCUT2D eigenvalue weighted by molar-refractivity contribution is -0.384. The first-order valence-electron chi connectivity index (χ1n) is 9.15. The average Bonchev–Trinajstić information content (AvgIpc) is 3.28. The molecule has 0 spiro atoms. The summed E-state index contributed by atoms with van der Waals surface area (Å²) in [5.41, 5.74) is 2.29. The molecule has 0 aliphatic heterocycles. The third kappa shape index (κ3) is 4.75. The second-order valence-electron chi connectivity index (χ2n) is 6.56. The van der Waals surface area contributed by atoms with Crippen LogP contribution >= 0.6 is 0 Å². The number of nitrogens with one attached hydrogen (secondary N) is 1. The van der Waals surface area contributed by atoms with Crippen molar-refractivity contribution in [2.24, 2.45) is 0 Å². The highest BCUT2D eigenvalue weighted by molar-refractivity contribution is 5.77. The molecule has 150 valence electrons. The lowest BCUT2D eigenvalue weighted by Crippen LogP contribution is -2.31. The van der Waals surface area contributed by atoms with Crippen LogP contribution in [0.3, 0.4) is 0 Å². The number of carbonyl (C=O) groups is 1. The van der Waals surface area contributed by atoms with Gasteiger partial charge in [-0.25, -0.2) is 9.67 Å². The van der Waals surface area contributed by atoms with Crippen molar-refractivity contribution in [3.05, 3.63) is 76.9 Å². The maximum absolute atomic E-state index is 12.6. The molecule has 0 aliphatic carbocycles. The van der Waals surface area contributed by atoms with Gasteiger partial charge in [0.05, 0.1) is 16.7 Å². The summed E-state index contributed by atoms with van der Waals surface area (Å²) < 4.78 is 1.66. The summed E-state index contributed by atoms with van der Waals surface area (Å²) in [4.78, 5) is 28.8. The topological polar surface area (TPSA) is 106 Å². The van der Waals surface area contributed by atoms with Crippen LogP contribution in [-0.2, 0) is 4.79 Å². The van der Waals surface area contributed by atoms with Crippen molar-refractivity contribution in [2.75, 3.05) is 18.9 Å². The van der Waals surface area contributed by atoms with Crippen LogP contribution in [0.15, 0.2) is 61.2 Å². The molecule has 29 heavy (non-hydrogen) atoms. The van der Waals surface area contributed by atoms with E-state index in [1.165, 1.54) is 12.4 Å². The first-order valence-corrected chi connectivity index (χ1v) is 9.15. The minimum Gasteiger partial charge on any atom is -0.379 e. The van der Waals surface area contributed by atoms with Gasteiger partial charge in [0.15, 0.2) is 0 Å². The number of nitro groups is 1. The lowest BCUT2D eigenvalue weighted by Gasteiger charge is -2.25. The van der Waals surface area contributed by atoms with Gasteiger partial charge in [0.2, 0.25) is 5.91 Å². The van der Waals surface area contributed by atoms with Crippen LogP contribution in [0.25, 0.3) is 5.69 Å². The molecule has 0 saturated heterocycles. The van der Waals surface area contributed by atoms with Crippen LogP contribution in [-0.4, -0.2) is 44.1 Å². The molecule has 1 unspecified atom stereocenters. The quantitative estimate of drug-likeness (QED) is 0.464. The smallest absolute Gasteiger partial charge is 0.292 e. The molecule has 0 fully saturated rings. The van der Waals surface area contributed by atoms with Crippen LogP contribution in [0.2, 0.25) is 0 Å². The normalized spacial score (nSPS) is 11.7. The number of para-hydroxylation sites is 2. The largest absolute Gasteiger partial charge is 0.379 e. The molecular weight excluding hydrogens is 372 g/mol. The van der Waals surface area contributed by atoms with Crippen molar-refractivity contribution in [3.8, 4) is 5.69 Å². The van der Waals surface area contributed by atoms with Gasteiger partial charge >= 0.3 is 0 Å². The Morgan fingerprint density at radius 3 is 2.62 bits per heavy atom. The Labute approximate surface area is 168 Å². The summed E-state index contributed by atoms with van der Waals surface area (Å²) in [6.07, 6.45) is 3.32. The van der Waals surface area contributed by atoms with Crippen molar-refractivity contribution in [2.45, 2.75) is 19.4 Å². The van der Waals surface area contributed by atoms with Crippen LogP contribution < -0.4 is 5.32 Å². The van der Waals surface area contributed by atoms with E-state index in [1.807, 2.05) is 31.2 Å². The van der Waals surface area contributed by atoms with E-state index in [1.54, 1.807) is 41.2 Å². The molecule has 3 rings (SSSR count). The molecule has 1 N–H and O–H groups in total. The number of nitrogens with zero attached hydrogens (tertiary/aromatic N) is 5. The van der Waals surface area contributed by atoms with Crippen LogP contribution in [0, 0.1) is 10.1 Å². The number of nitro benzene ring substituents is 1. The first-order chi connectivity index (χ1) is 14.0. The summed E-state index contributed by atoms with van der Waals surface area (Å²) in [6.45, 7) is 2.27. The predicted octanol–water partition coefficient (Wildman–Crippen LogP) is 3.20. The SMILES string of the molecule is CC(c1ccc(-n2cncn2)cc1)N(C)C(=O)CCNc1ccccc1[N+](=O)[O-]. The molecule has 0 radical (unpaired) electrons. The fourth-order valence-electron chi connectivity index (χ4n) is 2.95. The van der Waals surface area contributed by atoms with E-state index in [9.17, 15) is 14.9 Å². The monoisotopic (exact) mass is 394 g/mol. The Balaban J connectivity index is 1.56. The number of carbonyl (C=O) groups excluding carboxylic acids is 1. The van der Waals surface area contributed by atoms with Gasteiger partial charge in [0.1, 0.15) is 18.3 Å². The number of rotatable bonds is 8. The molecule has 0 saturated carbocycles. The molecule has 1 atom stereocenters. The minimum absolute atomic E-state index is 0.00542. The molecule has 3 aromatic rings. The Hall–Kier alpha value is -3.75. The molecule has 2 aromatic carbocycles. The third-order valence-electron chi connectivity index (χ3n) is 4.79. The standard InChI is InChI=1S/C20H22N6O3/c1-15(16-7-9-17(10-8-16)25-14-21-13-23-25)24(2)20(27)11-12-22-18-5-3-4-6-19(18)26(28)29/h3-10,13-15,22H,11-12H2,1-2H3. The number of hydrogen-bond acceptors (Lipinski definition) is 6. The summed E-state index contributed by atoms with van der Waals surface area (Å²) >= 11 is 0. The van der Waals surface area contributed by atoms with Crippen LogP contribution in [0.4, 0.5) is 11.4 Å². The van der Waals surface area contributed by atoms with Gasteiger partial charge in [-0.3, -0.25) is 14.9 Å². The number of hydrogen-bond donors (Lipinski definition) is 1. The Kier molecular flexibility index (Phi) is 6.18. The number of aromatic nitrogens is 3. The number of anilines is 1. The second kappa shape index (κ2) is 8.96. The highest BCUT2D eigenvalue weighted by Crippen LogP contribution is 2.24. The Bertz CT molecular complexity index is 972. The van der Waals surface area contributed by atoms with E-state index < -0.39 is 4.92 Å². The zero-order valence-corrected chi connectivity index (χ0v) is 16.2. The van der Waals surface area contributed by atoms with Gasteiger partial charge in [-0.15, -0.1) is 0 Å². The van der Waals surface area contributed by atoms with E-state index in [0.717, 1.165) is 11.3 Å². The molecule has 9 nitrogen and oxygen atoms in total. The molecular formula is C20H22N6O3. The van der Waals surface area contributed by atoms with Gasteiger partial charge in [0, 0.05) is 26.1 Å². The second-order valence-corrected chi connectivity index (χ2v) is 6.56. The lowest BCUT2D eigenvalue weighted by atomic mass is 10.1. The van der Waals surface area contributed by atoms with E-state index in [0.29, 0.717) is 12.2 Å². The van der Waals surface area contributed by atoms with Gasteiger partial charge < -0.3 is 10.2 Å². The van der Waals surface area contributed by atoms with E-state index in [-0.39, 0.29) is 24.1 Å². The first kappa shape index (κ1) is 20.0. The summed E-state index contributed by atoms with van der Waals surface area (Å²) in [5, 5.41) is 18.1. The van der Waals surface area contributed by atoms with Gasteiger partial charge in [-0.2, -0.15) is 5.10 Å². The van der Waals surface area contributed by atoms with Crippen molar-refractivity contribution in [3.63, 3.8) is 0 Å². The maximum atomic E-state index is 12.6. The van der Waals surface area contributed by atoms with Crippen LogP contribution in [0.5, 0.6) is 0 Å². The third-order valence-corrected chi connectivity index (χ3v) is 4.79. The van der Waals surface area contributed by atoms with E-state index in [4.69, 9.17) is 0 Å². The zero-order valence-electron chi connectivity index (χ0n) is 16.2. The Morgan fingerprint density at radius 2 is 1.97 bits per heavy atom. The highest BCUT2D eigenvalue weighted by Gasteiger charge is 2.18. The maximum Gasteiger partial charge on any atom is 0.292 e. The van der Waals surface area contributed by atoms with Crippen molar-refractivity contribution in [1.29, 1.82) is 0 Å². The molecule has 1 amide bonds. The zero-order chi connectivity index (χ0) is 20.8. The van der Waals surface area contributed by atoms with E-state index in [2.05, 4.69) is 15.4 Å².